The molecule has 1 N–H and O–H groups in total. The third-order valence-corrected chi connectivity index (χ3v) is 4.81. The van der Waals surface area contributed by atoms with Crippen LogP contribution in [-0.4, -0.2) is 13.4 Å². The quantitative estimate of drug-likeness (QED) is 0.930. The smallest absolute Gasteiger partial charge is 0.263 e. The van der Waals surface area contributed by atoms with Crippen LogP contribution in [0.3, 0.4) is 0 Å². The molecular weight excluding hydrogens is 335 g/mol. The molecule has 0 aliphatic rings. The van der Waals surface area contributed by atoms with Crippen molar-refractivity contribution in [3.05, 3.63) is 52.5 Å². The number of anilines is 1. The van der Waals surface area contributed by atoms with Crippen LogP contribution in [0, 0.1) is 12.7 Å². The Morgan fingerprint density at radius 3 is 2.68 bits per heavy atom. The van der Waals surface area contributed by atoms with Crippen LogP contribution >= 0.6 is 15.9 Å². The van der Waals surface area contributed by atoms with E-state index in [-0.39, 0.29) is 9.37 Å². The van der Waals surface area contributed by atoms with E-state index >= 15 is 0 Å². The zero-order valence-electron chi connectivity index (χ0n) is 9.89. The van der Waals surface area contributed by atoms with E-state index < -0.39 is 15.8 Å². The molecule has 0 radical (unpaired) electrons. The van der Waals surface area contributed by atoms with Gasteiger partial charge in [0, 0.05) is 10.7 Å². The first kappa shape index (κ1) is 14.0. The van der Waals surface area contributed by atoms with E-state index in [4.69, 9.17) is 0 Å². The molecule has 0 aliphatic heterocycles. The molecule has 0 aliphatic carbocycles. The molecule has 2 rings (SSSR count). The Bertz CT molecular complexity index is 719. The number of pyridine rings is 1. The van der Waals surface area contributed by atoms with Crippen LogP contribution < -0.4 is 4.72 Å². The summed E-state index contributed by atoms with van der Waals surface area (Å²) in [5.41, 5.74) is 1.13. The van der Waals surface area contributed by atoms with Crippen LogP contribution in [-0.2, 0) is 10.0 Å². The van der Waals surface area contributed by atoms with E-state index in [1.807, 2.05) is 0 Å². The Kier molecular flexibility index (Phi) is 3.86. The van der Waals surface area contributed by atoms with E-state index in [0.717, 1.165) is 17.7 Å². The average molecular weight is 345 g/mol. The van der Waals surface area contributed by atoms with Crippen molar-refractivity contribution in [1.29, 1.82) is 0 Å². The predicted octanol–water partition coefficient (Wildman–Crippen LogP) is 3.09. The first-order valence-corrected chi connectivity index (χ1v) is 7.56. The van der Waals surface area contributed by atoms with Crippen LogP contribution in [0.2, 0.25) is 0 Å². The van der Waals surface area contributed by atoms with Crippen molar-refractivity contribution in [1.82, 2.24) is 4.98 Å². The van der Waals surface area contributed by atoms with Gasteiger partial charge >= 0.3 is 0 Å². The molecule has 1 aromatic carbocycles. The molecular formula is C12H10BrFN2O2S. The molecule has 0 unspecified atom stereocenters. The Labute approximate surface area is 118 Å². The van der Waals surface area contributed by atoms with Crippen LogP contribution in [0.25, 0.3) is 0 Å². The second-order valence-electron chi connectivity index (χ2n) is 3.87. The Morgan fingerprint density at radius 2 is 2.05 bits per heavy atom. The number of aryl methyl sites for hydroxylation is 1. The molecule has 0 saturated carbocycles. The van der Waals surface area contributed by atoms with Gasteiger partial charge in [-0.25, -0.2) is 12.8 Å². The zero-order valence-corrected chi connectivity index (χ0v) is 12.3. The topological polar surface area (TPSA) is 59.1 Å². The number of aromatic nitrogens is 1. The first-order valence-electron chi connectivity index (χ1n) is 5.28. The number of hydrogen-bond acceptors (Lipinski definition) is 3. The van der Waals surface area contributed by atoms with Crippen LogP contribution in [0.4, 0.5) is 10.1 Å². The lowest BCUT2D eigenvalue weighted by Gasteiger charge is -2.11. The number of nitrogens with zero attached hydrogens (tertiary/aromatic N) is 1. The summed E-state index contributed by atoms with van der Waals surface area (Å²) in [4.78, 5) is 3.83. The van der Waals surface area contributed by atoms with E-state index in [9.17, 15) is 12.8 Å². The van der Waals surface area contributed by atoms with E-state index in [1.54, 1.807) is 19.2 Å². The van der Waals surface area contributed by atoms with Gasteiger partial charge in [-0.05, 0) is 52.7 Å². The van der Waals surface area contributed by atoms with Gasteiger partial charge in [0.25, 0.3) is 10.0 Å². The van der Waals surface area contributed by atoms with Gasteiger partial charge < -0.3 is 0 Å². The van der Waals surface area contributed by atoms with Crippen molar-refractivity contribution in [2.75, 3.05) is 4.72 Å². The van der Waals surface area contributed by atoms with Gasteiger partial charge in [0.1, 0.15) is 10.7 Å². The zero-order chi connectivity index (χ0) is 14.0. The van der Waals surface area contributed by atoms with Crippen molar-refractivity contribution >= 4 is 31.6 Å². The number of halogens is 2. The molecule has 0 fully saturated rings. The van der Waals surface area contributed by atoms with Gasteiger partial charge in [-0.15, -0.1) is 0 Å². The van der Waals surface area contributed by atoms with Gasteiger partial charge in [-0.3, -0.25) is 9.71 Å². The third kappa shape index (κ3) is 3.10. The second-order valence-corrected chi connectivity index (χ2v) is 6.38. The lowest BCUT2D eigenvalue weighted by Crippen LogP contribution is -2.14. The summed E-state index contributed by atoms with van der Waals surface area (Å²) >= 11 is 3.04. The highest BCUT2D eigenvalue weighted by Crippen LogP contribution is 2.25. The van der Waals surface area contributed by atoms with E-state index in [2.05, 4.69) is 25.6 Å². The average Bonchev–Trinajstić information content (AvgIpc) is 2.31. The highest BCUT2D eigenvalue weighted by atomic mass is 79.9. The molecule has 19 heavy (non-hydrogen) atoms. The van der Waals surface area contributed by atoms with Crippen molar-refractivity contribution < 1.29 is 12.8 Å². The molecule has 0 atom stereocenters. The fraction of sp³-hybridized carbons (Fsp3) is 0.0833. The third-order valence-electron chi connectivity index (χ3n) is 2.47. The standard InChI is InChI=1S/C12H10BrFN2O2S/c1-8-4-5-15-7-11(8)16-19(17,18)12-3-2-9(14)6-10(12)13/h2-7,16H,1H3. The largest absolute Gasteiger partial charge is 0.278 e. The summed E-state index contributed by atoms with van der Waals surface area (Å²) in [5, 5.41) is 0. The normalized spacial score (nSPS) is 11.3. The molecule has 4 nitrogen and oxygen atoms in total. The fourth-order valence-corrected chi connectivity index (χ4v) is 3.63. The summed E-state index contributed by atoms with van der Waals surface area (Å²) in [6, 6.07) is 5.09. The van der Waals surface area contributed by atoms with E-state index in [0.29, 0.717) is 5.69 Å². The maximum absolute atomic E-state index is 13.0. The molecule has 2 aromatic rings. The van der Waals surface area contributed by atoms with Gasteiger partial charge in [0.15, 0.2) is 0 Å². The second kappa shape index (κ2) is 5.26. The van der Waals surface area contributed by atoms with Crippen LogP contribution in [0.5, 0.6) is 0 Å². The lowest BCUT2D eigenvalue weighted by molar-refractivity contribution is 0.599. The first-order chi connectivity index (χ1) is 8.90. The highest BCUT2D eigenvalue weighted by molar-refractivity contribution is 9.10. The number of rotatable bonds is 3. The Hall–Kier alpha value is -1.47. The van der Waals surface area contributed by atoms with Crippen molar-refractivity contribution in [3.8, 4) is 0 Å². The maximum atomic E-state index is 13.0. The van der Waals surface area contributed by atoms with Crippen LogP contribution in [0.1, 0.15) is 5.56 Å². The lowest BCUT2D eigenvalue weighted by atomic mass is 10.3. The summed E-state index contributed by atoms with van der Waals surface area (Å²) in [6.45, 7) is 1.76. The SMILES string of the molecule is Cc1ccncc1NS(=O)(=O)c1ccc(F)cc1Br. The Balaban J connectivity index is 2.41. The summed E-state index contributed by atoms with van der Waals surface area (Å²) < 4.78 is 39.9. The maximum Gasteiger partial charge on any atom is 0.263 e. The van der Waals surface area contributed by atoms with Crippen molar-refractivity contribution in [2.24, 2.45) is 0 Å². The Morgan fingerprint density at radius 1 is 1.32 bits per heavy atom. The molecule has 1 heterocycles. The van der Waals surface area contributed by atoms with Gasteiger partial charge in [0.05, 0.1) is 11.9 Å². The molecule has 0 saturated heterocycles. The minimum atomic E-state index is -3.79. The number of hydrogen-bond donors (Lipinski definition) is 1. The van der Waals surface area contributed by atoms with Crippen molar-refractivity contribution in [3.63, 3.8) is 0 Å². The summed E-state index contributed by atoms with van der Waals surface area (Å²) in [6.07, 6.45) is 2.99. The number of benzene rings is 1. The number of nitrogens with one attached hydrogen (secondary N) is 1. The fourth-order valence-electron chi connectivity index (χ4n) is 1.46. The predicted molar refractivity (Wildman–Crippen MR) is 73.9 cm³/mol. The minimum absolute atomic E-state index is 0.0304. The summed E-state index contributed by atoms with van der Waals surface area (Å²) in [7, 11) is -3.79. The molecule has 0 spiro atoms. The van der Waals surface area contributed by atoms with Gasteiger partial charge in [0.2, 0.25) is 0 Å². The monoisotopic (exact) mass is 344 g/mol. The van der Waals surface area contributed by atoms with Crippen LogP contribution in [0.15, 0.2) is 46.0 Å². The van der Waals surface area contributed by atoms with Gasteiger partial charge in [-0.2, -0.15) is 0 Å². The summed E-state index contributed by atoms with van der Waals surface area (Å²) in [5.74, 6) is -0.511. The molecule has 100 valence electrons. The molecule has 0 amide bonds. The number of sulfonamides is 1. The van der Waals surface area contributed by atoms with Crippen molar-refractivity contribution in [2.45, 2.75) is 11.8 Å². The molecule has 7 heteroatoms. The molecule has 1 aromatic heterocycles. The van der Waals surface area contributed by atoms with Gasteiger partial charge in [-0.1, -0.05) is 0 Å². The molecule has 0 bridgehead atoms. The van der Waals surface area contributed by atoms with E-state index in [1.165, 1.54) is 12.3 Å². The highest BCUT2D eigenvalue weighted by Gasteiger charge is 2.18. The minimum Gasteiger partial charge on any atom is -0.278 e.